The summed E-state index contributed by atoms with van der Waals surface area (Å²) < 4.78 is 5.38. The number of thiazole rings is 1. The number of carbonyl (C=O) groups is 2. The van der Waals surface area contributed by atoms with E-state index in [1.165, 1.54) is 4.90 Å². The predicted octanol–water partition coefficient (Wildman–Crippen LogP) is 4.87. The first-order valence-electron chi connectivity index (χ1n) is 9.40. The second kappa shape index (κ2) is 9.05. The fraction of sp³-hybridized carbons (Fsp3) is 0.450. The lowest BCUT2D eigenvalue weighted by atomic mass is 9.98. The number of benzene rings is 1. The van der Waals surface area contributed by atoms with E-state index in [2.05, 4.69) is 24.1 Å². The summed E-state index contributed by atoms with van der Waals surface area (Å²) >= 11 is 1.55. The highest BCUT2D eigenvalue weighted by atomic mass is 32.1. The maximum atomic E-state index is 12.3. The summed E-state index contributed by atoms with van der Waals surface area (Å²) in [4.78, 5) is 29.3. The van der Waals surface area contributed by atoms with Crippen molar-refractivity contribution in [3.05, 3.63) is 35.3 Å². The van der Waals surface area contributed by atoms with E-state index in [0.717, 1.165) is 16.3 Å². The van der Waals surface area contributed by atoms with E-state index in [1.54, 1.807) is 11.3 Å². The monoisotopic (exact) mass is 403 g/mol. The number of para-hydroxylation sites is 1. The summed E-state index contributed by atoms with van der Waals surface area (Å²) in [5.74, 6) is 0.534. The molecule has 8 heteroatoms. The Labute approximate surface area is 168 Å². The second-order valence-electron chi connectivity index (χ2n) is 7.21. The topological polar surface area (TPSA) is 91.8 Å². The molecule has 2 heterocycles. The lowest BCUT2D eigenvalue weighted by molar-refractivity contribution is 0.0948. The molecule has 2 N–H and O–H groups in total. The standard InChI is InChI=1S/C20H25N3O4S/c1-13(2)17-12-28-18(21-17)15-5-3-4-6-16(15)22-19(24)27-11-14-7-9-23(10-8-14)20(25)26/h3-6,12-14H,7-11H2,1-2H3,(H,22,24)(H,25,26). The minimum absolute atomic E-state index is 0.184. The molecule has 1 aliphatic rings. The zero-order chi connectivity index (χ0) is 20.1. The van der Waals surface area contributed by atoms with Crippen molar-refractivity contribution in [3.63, 3.8) is 0 Å². The number of hydrogen-bond acceptors (Lipinski definition) is 5. The van der Waals surface area contributed by atoms with E-state index in [9.17, 15) is 9.59 Å². The number of nitrogens with zero attached hydrogens (tertiary/aromatic N) is 2. The summed E-state index contributed by atoms with van der Waals surface area (Å²) in [6.07, 6.45) is 0.00541. The molecule has 2 aromatic rings. The van der Waals surface area contributed by atoms with Crippen molar-refractivity contribution >= 4 is 29.2 Å². The Balaban J connectivity index is 1.57. The molecule has 1 saturated heterocycles. The Bertz CT molecular complexity index is 828. The quantitative estimate of drug-likeness (QED) is 0.743. The molecule has 150 valence electrons. The number of rotatable bonds is 5. The van der Waals surface area contributed by atoms with Gasteiger partial charge in [-0.2, -0.15) is 0 Å². The third-order valence-corrected chi connectivity index (χ3v) is 5.74. The highest BCUT2D eigenvalue weighted by Crippen LogP contribution is 2.32. The zero-order valence-corrected chi connectivity index (χ0v) is 16.9. The van der Waals surface area contributed by atoms with Crippen LogP contribution in [0.2, 0.25) is 0 Å². The molecule has 0 saturated carbocycles. The minimum Gasteiger partial charge on any atom is -0.465 e. The summed E-state index contributed by atoms with van der Waals surface area (Å²) in [7, 11) is 0. The Morgan fingerprint density at radius 3 is 2.68 bits per heavy atom. The molecule has 7 nitrogen and oxygen atoms in total. The number of carbonyl (C=O) groups excluding carboxylic acids is 1. The molecular formula is C20H25N3O4S. The van der Waals surface area contributed by atoms with E-state index in [-0.39, 0.29) is 12.5 Å². The van der Waals surface area contributed by atoms with E-state index < -0.39 is 12.2 Å². The Morgan fingerprint density at radius 2 is 2.04 bits per heavy atom. The highest BCUT2D eigenvalue weighted by molar-refractivity contribution is 7.13. The van der Waals surface area contributed by atoms with Crippen LogP contribution in [-0.4, -0.2) is 46.9 Å². The van der Waals surface area contributed by atoms with Gasteiger partial charge < -0.3 is 14.7 Å². The number of aromatic nitrogens is 1. The van der Waals surface area contributed by atoms with Crippen LogP contribution >= 0.6 is 11.3 Å². The van der Waals surface area contributed by atoms with Crippen LogP contribution in [0.5, 0.6) is 0 Å². The van der Waals surface area contributed by atoms with Crippen LogP contribution in [0.3, 0.4) is 0 Å². The number of amides is 2. The van der Waals surface area contributed by atoms with Crippen LogP contribution < -0.4 is 5.32 Å². The average Bonchev–Trinajstić information content (AvgIpc) is 3.17. The maximum Gasteiger partial charge on any atom is 0.411 e. The largest absolute Gasteiger partial charge is 0.465 e. The van der Waals surface area contributed by atoms with Gasteiger partial charge in [-0.3, -0.25) is 5.32 Å². The normalized spacial score (nSPS) is 14.9. The SMILES string of the molecule is CC(C)c1csc(-c2ccccc2NC(=O)OCC2CCN(C(=O)O)CC2)n1. The van der Waals surface area contributed by atoms with E-state index in [0.29, 0.717) is 37.5 Å². The molecule has 0 unspecified atom stereocenters. The molecule has 1 aromatic heterocycles. The molecule has 0 bridgehead atoms. The van der Waals surface area contributed by atoms with Crippen molar-refractivity contribution in [1.29, 1.82) is 0 Å². The molecule has 1 fully saturated rings. The van der Waals surface area contributed by atoms with Gasteiger partial charge in [-0.15, -0.1) is 11.3 Å². The molecule has 0 radical (unpaired) electrons. The molecular weight excluding hydrogens is 378 g/mol. The van der Waals surface area contributed by atoms with Crippen molar-refractivity contribution in [2.24, 2.45) is 5.92 Å². The number of carboxylic acid groups (broad SMARTS) is 1. The lowest BCUT2D eigenvalue weighted by Gasteiger charge is -2.29. The first kappa shape index (κ1) is 20.1. The van der Waals surface area contributed by atoms with Gasteiger partial charge in [-0.25, -0.2) is 14.6 Å². The molecule has 1 aliphatic heterocycles. The van der Waals surface area contributed by atoms with Crippen LogP contribution in [0.1, 0.15) is 38.3 Å². The first-order chi connectivity index (χ1) is 13.4. The number of ether oxygens (including phenoxy) is 1. The minimum atomic E-state index is -0.892. The number of anilines is 1. The zero-order valence-electron chi connectivity index (χ0n) is 16.1. The van der Waals surface area contributed by atoms with E-state index in [4.69, 9.17) is 9.84 Å². The summed E-state index contributed by atoms with van der Waals surface area (Å²) in [5.41, 5.74) is 2.56. The maximum absolute atomic E-state index is 12.3. The van der Waals surface area contributed by atoms with Crippen molar-refractivity contribution in [3.8, 4) is 10.6 Å². The molecule has 0 aliphatic carbocycles. The van der Waals surface area contributed by atoms with Gasteiger partial charge in [0.05, 0.1) is 18.0 Å². The second-order valence-corrected chi connectivity index (χ2v) is 8.07. The number of nitrogens with one attached hydrogen (secondary N) is 1. The number of piperidine rings is 1. The van der Waals surface area contributed by atoms with Gasteiger partial charge in [0.2, 0.25) is 0 Å². The Hall–Kier alpha value is -2.61. The first-order valence-corrected chi connectivity index (χ1v) is 10.3. The number of likely N-dealkylation sites (tertiary alicyclic amines) is 1. The van der Waals surface area contributed by atoms with Gasteiger partial charge in [0, 0.05) is 24.0 Å². The van der Waals surface area contributed by atoms with Crippen molar-refractivity contribution in [2.45, 2.75) is 32.6 Å². The lowest BCUT2D eigenvalue weighted by Crippen LogP contribution is -2.38. The third kappa shape index (κ3) is 5.01. The van der Waals surface area contributed by atoms with Gasteiger partial charge >= 0.3 is 12.2 Å². The Morgan fingerprint density at radius 1 is 1.32 bits per heavy atom. The van der Waals surface area contributed by atoms with E-state index in [1.807, 2.05) is 29.6 Å². The van der Waals surface area contributed by atoms with Crippen LogP contribution in [0, 0.1) is 5.92 Å². The van der Waals surface area contributed by atoms with Crippen LogP contribution in [-0.2, 0) is 4.74 Å². The van der Waals surface area contributed by atoms with Crippen molar-refractivity contribution in [2.75, 3.05) is 25.0 Å². The van der Waals surface area contributed by atoms with Gasteiger partial charge in [-0.1, -0.05) is 26.0 Å². The summed E-state index contributed by atoms with van der Waals surface area (Å²) in [6, 6.07) is 7.54. The third-order valence-electron chi connectivity index (χ3n) is 4.84. The fourth-order valence-corrected chi connectivity index (χ4v) is 4.10. The van der Waals surface area contributed by atoms with Crippen LogP contribution in [0.25, 0.3) is 10.6 Å². The average molecular weight is 404 g/mol. The molecule has 3 rings (SSSR count). The van der Waals surface area contributed by atoms with Gasteiger partial charge in [0.15, 0.2) is 0 Å². The molecule has 2 amide bonds. The molecule has 0 spiro atoms. The fourth-order valence-electron chi connectivity index (χ4n) is 3.08. The molecule has 28 heavy (non-hydrogen) atoms. The van der Waals surface area contributed by atoms with Gasteiger partial charge in [0.25, 0.3) is 0 Å². The summed E-state index contributed by atoms with van der Waals surface area (Å²) in [6.45, 7) is 5.45. The molecule has 1 aromatic carbocycles. The highest BCUT2D eigenvalue weighted by Gasteiger charge is 2.23. The van der Waals surface area contributed by atoms with Crippen LogP contribution in [0.4, 0.5) is 15.3 Å². The predicted molar refractivity (Wildman–Crippen MR) is 109 cm³/mol. The number of hydrogen-bond donors (Lipinski definition) is 2. The van der Waals surface area contributed by atoms with Gasteiger partial charge in [0.1, 0.15) is 5.01 Å². The van der Waals surface area contributed by atoms with Crippen molar-refractivity contribution < 1.29 is 19.4 Å². The molecule has 0 atom stereocenters. The Kier molecular flexibility index (Phi) is 6.51. The smallest absolute Gasteiger partial charge is 0.411 e. The van der Waals surface area contributed by atoms with Crippen LogP contribution in [0.15, 0.2) is 29.6 Å². The van der Waals surface area contributed by atoms with E-state index >= 15 is 0 Å². The van der Waals surface area contributed by atoms with Crippen molar-refractivity contribution in [1.82, 2.24) is 9.88 Å². The summed E-state index contributed by atoms with van der Waals surface area (Å²) in [5, 5.41) is 14.7. The van der Waals surface area contributed by atoms with Gasteiger partial charge in [-0.05, 0) is 36.8 Å².